The van der Waals surface area contributed by atoms with E-state index in [4.69, 9.17) is 4.74 Å². The maximum Gasteiger partial charge on any atom is 0.339 e. The standard InChI is InChI=1S/C17H14BrFO3/c1-2-11-3-5-12(6-4-11)16(20)10-22-17(21)14-9-13(19)7-8-15(14)18/h3-9H,2,10H2,1H3. The number of ketones is 1. The molecule has 0 aromatic heterocycles. The average molecular weight is 365 g/mol. The summed E-state index contributed by atoms with van der Waals surface area (Å²) >= 11 is 3.15. The summed E-state index contributed by atoms with van der Waals surface area (Å²) in [5, 5.41) is 0. The molecule has 0 bridgehead atoms. The summed E-state index contributed by atoms with van der Waals surface area (Å²) in [6.45, 7) is 1.64. The predicted molar refractivity (Wildman–Crippen MR) is 84.5 cm³/mol. The fourth-order valence-corrected chi connectivity index (χ4v) is 2.28. The van der Waals surface area contributed by atoms with Gasteiger partial charge in [-0.1, -0.05) is 31.2 Å². The highest BCUT2D eigenvalue weighted by molar-refractivity contribution is 9.10. The van der Waals surface area contributed by atoms with Crippen LogP contribution in [0.15, 0.2) is 46.9 Å². The van der Waals surface area contributed by atoms with Crippen LogP contribution in [-0.2, 0) is 11.2 Å². The van der Waals surface area contributed by atoms with Crippen LogP contribution in [-0.4, -0.2) is 18.4 Å². The number of rotatable bonds is 5. The monoisotopic (exact) mass is 364 g/mol. The van der Waals surface area contributed by atoms with E-state index in [9.17, 15) is 14.0 Å². The maximum absolute atomic E-state index is 13.1. The number of benzene rings is 2. The zero-order valence-electron chi connectivity index (χ0n) is 11.9. The predicted octanol–water partition coefficient (Wildman–Crippen LogP) is 4.19. The Morgan fingerprint density at radius 2 is 1.82 bits per heavy atom. The Balaban J connectivity index is 2.00. The number of ether oxygens (including phenoxy) is 1. The molecule has 0 radical (unpaired) electrons. The molecule has 2 aromatic rings. The second-order valence-electron chi connectivity index (χ2n) is 4.67. The summed E-state index contributed by atoms with van der Waals surface area (Å²) in [5.41, 5.74) is 1.65. The first-order chi connectivity index (χ1) is 10.5. The lowest BCUT2D eigenvalue weighted by atomic mass is 10.1. The van der Waals surface area contributed by atoms with E-state index in [0.717, 1.165) is 18.1 Å². The van der Waals surface area contributed by atoms with Gasteiger partial charge in [0.15, 0.2) is 12.4 Å². The lowest BCUT2D eigenvalue weighted by molar-refractivity contribution is 0.0473. The molecule has 5 heteroatoms. The van der Waals surface area contributed by atoms with Crippen molar-refractivity contribution in [1.82, 2.24) is 0 Å². The zero-order chi connectivity index (χ0) is 16.1. The quantitative estimate of drug-likeness (QED) is 0.590. The van der Waals surface area contributed by atoms with Gasteiger partial charge >= 0.3 is 5.97 Å². The number of carbonyl (C=O) groups excluding carboxylic acids is 2. The summed E-state index contributed by atoms with van der Waals surface area (Å²) in [7, 11) is 0. The number of hydrogen-bond donors (Lipinski definition) is 0. The lowest BCUT2D eigenvalue weighted by Gasteiger charge is -2.06. The van der Waals surface area contributed by atoms with Crippen LogP contribution in [0.25, 0.3) is 0 Å². The minimum Gasteiger partial charge on any atom is -0.454 e. The van der Waals surface area contributed by atoms with Gasteiger partial charge in [0.05, 0.1) is 5.56 Å². The van der Waals surface area contributed by atoms with Gasteiger partial charge in [-0.05, 0) is 46.1 Å². The number of carbonyl (C=O) groups is 2. The van der Waals surface area contributed by atoms with Crippen molar-refractivity contribution in [1.29, 1.82) is 0 Å². The molecule has 0 N–H and O–H groups in total. The molecular weight excluding hydrogens is 351 g/mol. The number of hydrogen-bond acceptors (Lipinski definition) is 3. The molecule has 0 aliphatic heterocycles. The first kappa shape index (κ1) is 16.4. The normalized spacial score (nSPS) is 10.3. The third-order valence-corrected chi connectivity index (χ3v) is 3.86. The molecule has 0 saturated heterocycles. The van der Waals surface area contributed by atoms with Crippen molar-refractivity contribution in [3.05, 3.63) is 69.4 Å². The molecule has 2 rings (SSSR count). The molecule has 0 aliphatic carbocycles. The number of esters is 1. The second kappa shape index (κ2) is 7.31. The number of halogens is 2. The number of Topliss-reactive ketones (excluding diaryl/α,β-unsaturated/α-hetero) is 1. The van der Waals surface area contributed by atoms with E-state index in [1.54, 1.807) is 12.1 Å². The van der Waals surface area contributed by atoms with E-state index in [1.807, 2.05) is 19.1 Å². The van der Waals surface area contributed by atoms with Crippen LogP contribution in [0, 0.1) is 5.82 Å². The SMILES string of the molecule is CCc1ccc(C(=O)COC(=O)c2cc(F)ccc2Br)cc1. The van der Waals surface area contributed by atoms with E-state index < -0.39 is 11.8 Å². The van der Waals surface area contributed by atoms with Gasteiger partial charge in [0, 0.05) is 10.0 Å². The van der Waals surface area contributed by atoms with Crippen molar-refractivity contribution in [2.75, 3.05) is 6.61 Å². The van der Waals surface area contributed by atoms with Gasteiger partial charge in [0.1, 0.15) is 5.82 Å². The van der Waals surface area contributed by atoms with E-state index in [2.05, 4.69) is 15.9 Å². The average Bonchev–Trinajstić information content (AvgIpc) is 2.54. The van der Waals surface area contributed by atoms with E-state index in [-0.39, 0.29) is 18.0 Å². The Bertz CT molecular complexity index is 696. The van der Waals surface area contributed by atoms with Crippen LogP contribution < -0.4 is 0 Å². The molecule has 0 saturated carbocycles. The minimum atomic E-state index is -0.745. The Morgan fingerprint density at radius 1 is 1.14 bits per heavy atom. The molecule has 2 aromatic carbocycles. The van der Waals surface area contributed by atoms with Gasteiger partial charge in [0.2, 0.25) is 0 Å². The van der Waals surface area contributed by atoms with E-state index >= 15 is 0 Å². The summed E-state index contributed by atoms with van der Waals surface area (Å²) in [6.07, 6.45) is 0.886. The Labute approximate surface area is 136 Å². The fraction of sp³-hybridized carbons (Fsp3) is 0.176. The lowest BCUT2D eigenvalue weighted by Crippen LogP contribution is -2.14. The van der Waals surface area contributed by atoms with Crippen LogP contribution in [0.5, 0.6) is 0 Å². The molecule has 0 aliphatic rings. The first-order valence-corrected chi connectivity index (χ1v) is 7.55. The van der Waals surface area contributed by atoms with Crippen LogP contribution in [0.1, 0.15) is 33.2 Å². The van der Waals surface area contributed by atoms with Crippen LogP contribution in [0.3, 0.4) is 0 Å². The zero-order valence-corrected chi connectivity index (χ0v) is 13.5. The van der Waals surface area contributed by atoms with Crippen molar-refractivity contribution in [2.24, 2.45) is 0 Å². The Morgan fingerprint density at radius 3 is 2.45 bits per heavy atom. The van der Waals surface area contributed by atoms with Gasteiger partial charge in [-0.25, -0.2) is 9.18 Å². The molecule has 0 amide bonds. The van der Waals surface area contributed by atoms with Gasteiger partial charge < -0.3 is 4.74 Å². The molecule has 0 spiro atoms. The van der Waals surface area contributed by atoms with Crippen molar-refractivity contribution in [2.45, 2.75) is 13.3 Å². The third-order valence-electron chi connectivity index (χ3n) is 3.17. The summed E-state index contributed by atoms with van der Waals surface area (Å²) < 4.78 is 18.5. The Kier molecular flexibility index (Phi) is 5.44. The second-order valence-corrected chi connectivity index (χ2v) is 5.53. The van der Waals surface area contributed by atoms with Crippen molar-refractivity contribution in [3.8, 4) is 0 Å². The largest absolute Gasteiger partial charge is 0.454 e. The topological polar surface area (TPSA) is 43.4 Å². The van der Waals surface area contributed by atoms with Crippen molar-refractivity contribution in [3.63, 3.8) is 0 Å². The molecule has 0 fully saturated rings. The van der Waals surface area contributed by atoms with Gasteiger partial charge in [0.25, 0.3) is 0 Å². The van der Waals surface area contributed by atoms with E-state index in [0.29, 0.717) is 10.0 Å². The highest BCUT2D eigenvalue weighted by Crippen LogP contribution is 2.19. The maximum atomic E-state index is 13.1. The van der Waals surface area contributed by atoms with Gasteiger partial charge in [-0.15, -0.1) is 0 Å². The highest BCUT2D eigenvalue weighted by Gasteiger charge is 2.15. The molecule has 114 valence electrons. The molecule has 0 unspecified atom stereocenters. The molecular formula is C17H14BrFO3. The van der Waals surface area contributed by atoms with Gasteiger partial charge in [-0.3, -0.25) is 4.79 Å². The Hall–Kier alpha value is -2.01. The molecule has 22 heavy (non-hydrogen) atoms. The summed E-state index contributed by atoms with van der Waals surface area (Å²) in [4.78, 5) is 23.9. The van der Waals surface area contributed by atoms with Crippen molar-refractivity contribution >= 4 is 27.7 Å². The highest BCUT2D eigenvalue weighted by atomic mass is 79.9. The minimum absolute atomic E-state index is 0.0501. The molecule has 0 atom stereocenters. The fourth-order valence-electron chi connectivity index (χ4n) is 1.87. The first-order valence-electron chi connectivity index (χ1n) is 6.75. The van der Waals surface area contributed by atoms with Crippen molar-refractivity contribution < 1.29 is 18.7 Å². The van der Waals surface area contributed by atoms with Crippen LogP contribution in [0.2, 0.25) is 0 Å². The smallest absolute Gasteiger partial charge is 0.339 e. The summed E-state index contributed by atoms with van der Waals surface area (Å²) in [5.74, 6) is -1.59. The van der Waals surface area contributed by atoms with Crippen LogP contribution in [0.4, 0.5) is 4.39 Å². The molecule has 3 nitrogen and oxygen atoms in total. The van der Waals surface area contributed by atoms with Crippen LogP contribution >= 0.6 is 15.9 Å². The van der Waals surface area contributed by atoms with E-state index in [1.165, 1.54) is 12.1 Å². The summed E-state index contributed by atoms with van der Waals surface area (Å²) in [6, 6.07) is 10.8. The molecule has 0 heterocycles. The van der Waals surface area contributed by atoms with Gasteiger partial charge in [-0.2, -0.15) is 0 Å². The third kappa shape index (κ3) is 4.01. The number of aryl methyl sites for hydroxylation is 1.